The highest BCUT2D eigenvalue weighted by Crippen LogP contribution is 2.27. The zero-order valence-electron chi connectivity index (χ0n) is 10.6. The van der Waals surface area contributed by atoms with Crippen molar-refractivity contribution in [3.8, 4) is 0 Å². The fourth-order valence-electron chi connectivity index (χ4n) is 1.90. The van der Waals surface area contributed by atoms with Gasteiger partial charge >= 0.3 is 0 Å². The maximum absolute atomic E-state index is 4.42. The SMILES string of the molecule is CC(C)CCCCNc1snc2ccccc12. The third-order valence-corrected chi connectivity index (χ3v) is 3.71. The van der Waals surface area contributed by atoms with Crippen LogP contribution in [0.3, 0.4) is 0 Å². The van der Waals surface area contributed by atoms with Gasteiger partial charge in [0.1, 0.15) is 5.00 Å². The van der Waals surface area contributed by atoms with E-state index in [0.29, 0.717) is 0 Å². The quantitative estimate of drug-likeness (QED) is 0.759. The molecule has 0 aliphatic rings. The van der Waals surface area contributed by atoms with E-state index in [9.17, 15) is 0 Å². The van der Waals surface area contributed by atoms with Crippen LogP contribution in [0.1, 0.15) is 33.1 Å². The number of benzene rings is 1. The van der Waals surface area contributed by atoms with Crippen LogP contribution in [-0.4, -0.2) is 10.9 Å². The number of nitrogens with one attached hydrogen (secondary N) is 1. The van der Waals surface area contributed by atoms with E-state index in [1.807, 2.05) is 6.07 Å². The Labute approximate surface area is 107 Å². The van der Waals surface area contributed by atoms with Crippen molar-refractivity contribution in [3.63, 3.8) is 0 Å². The van der Waals surface area contributed by atoms with Crippen LogP contribution < -0.4 is 5.32 Å². The predicted octanol–water partition coefficient (Wildman–Crippen LogP) is 4.53. The standard InChI is InChI=1S/C14H20N2S/c1-11(2)7-5-6-10-15-14-12-8-3-4-9-13(12)16-17-14/h3-4,8-9,11,15H,5-7,10H2,1-2H3. The molecule has 2 rings (SSSR count). The summed E-state index contributed by atoms with van der Waals surface area (Å²) in [6.07, 6.45) is 3.87. The zero-order valence-corrected chi connectivity index (χ0v) is 11.4. The summed E-state index contributed by atoms with van der Waals surface area (Å²) in [7, 11) is 0. The van der Waals surface area contributed by atoms with E-state index in [1.165, 1.54) is 29.6 Å². The summed E-state index contributed by atoms with van der Waals surface area (Å²) < 4.78 is 4.42. The third kappa shape index (κ3) is 3.43. The number of unbranched alkanes of at least 4 members (excludes halogenated alkanes) is 1. The lowest BCUT2D eigenvalue weighted by Gasteiger charge is -2.05. The van der Waals surface area contributed by atoms with Gasteiger partial charge in [-0.2, -0.15) is 4.37 Å². The lowest BCUT2D eigenvalue weighted by molar-refractivity contribution is 0.545. The second-order valence-corrected chi connectivity index (χ2v) is 5.62. The minimum absolute atomic E-state index is 0.819. The summed E-state index contributed by atoms with van der Waals surface area (Å²) in [6.45, 7) is 5.62. The van der Waals surface area contributed by atoms with E-state index >= 15 is 0 Å². The van der Waals surface area contributed by atoms with E-state index in [0.717, 1.165) is 18.0 Å². The Bertz CT molecular complexity index is 462. The molecule has 0 saturated heterocycles. The number of aromatic nitrogens is 1. The Morgan fingerprint density at radius 2 is 2.06 bits per heavy atom. The first-order valence-corrected chi connectivity index (χ1v) is 7.13. The molecule has 0 aliphatic carbocycles. The molecule has 0 spiro atoms. The molecular formula is C14H20N2S. The van der Waals surface area contributed by atoms with Crippen molar-refractivity contribution in [3.05, 3.63) is 24.3 Å². The van der Waals surface area contributed by atoms with Gasteiger partial charge in [0.25, 0.3) is 0 Å². The molecule has 0 saturated carbocycles. The van der Waals surface area contributed by atoms with Gasteiger partial charge in [0, 0.05) is 11.9 Å². The van der Waals surface area contributed by atoms with Crippen molar-refractivity contribution in [1.29, 1.82) is 0 Å². The topological polar surface area (TPSA) is 24.9 Å². The van der Waals surface area contributed by atoms with Crippen LogP contribution in [0.15, 0.2) is 24.3 Å². The minimum atomic E-state index is 0.819. The zero-order chi connectivity index (χ0) is 12.1. The molecule has 0 amide bonds. The van der Waals surface area contributed by atoms with Crippen LogP contribution in [0.5, 0.6) is 0 Å². The van der Waals surface area contributed by atoms with Gasteiger partial charge in [-0.25, -0.2) is 0 Å². The van der Waals surface area contributed by atoms with E-state index in [2.05, 4.69) is 41.7 Å². The van der Waals surface area contributed by atoms with Crippen LogP contribution >= 0.6 is 11.5 Å². The van der Waals surface area contributed by atoms with E-state index in [-0.39, 0.29) is 0 Å². The summed E-state index contributed by atoms with van der Waals surface area (Å²) in [6, 6.07) is 8.31. The summed E-state index contributed by atoms with van der Waals surface area (Å²) in [5, 5.41) is 5.96. The highest BCUT2D eigenvalue weighted by Gasteiger charge is 2.03. The number of fused-ring (bicyclic) bond motifs is 1. The van der Waals surface area contributed by atoms with Gasteiger partial charge in [-0.15, -0.1) is 0 Å². The summed E-state index contributed by atoms with van der Waals surface area (Å²) in [4.78, 5) is 0. The van der Waals surface area contributed by atoms with Gasteiger partial charge in [-0.05, 0) is 36.0 Å². The van der Waals surface area contributed by atoms with Crippen molar-refractivity contribution in [1.82, 2.24) is 4.37 Å². The molecule has 1 heterocycles. The Morgan fingerprint density at radius 1 is 1.24 bits per heavy atom. The third-order valence-electron chi connectivity index (χ3n) is 2.88. The Hall–Kier alpha value is -1.09. The summed E-state index contributed by atoms with van der Waals surface area (Å²) in [5.41, 5.74) is 1.10. The molecule has 0 atom stereocenters. The molecule has 0 unspecified atom stereocenters. The Balaban J connectivity index is 1.83. The lowest BCUT2D eigenvalue weighted by Crippen LogP contribution is -2.00. The summed E-state index contributed by atoms with van der Waals surface area (Å²) >= 11 is 1.57. The van der Waals surface area contributed by atoms with Crippen molar-refractivity contribution >= 4 is 27.4 Å². The monoisotopic (exact) mass is 248 g/mol. The van der Waals surface area contributed by atoms with Crippen molar-refractivity contribution < 1.29 is 0 Å². The fourth-order valence-corrected chi connectivity index (χ4v) is 2.68. The molecule has 17 heavy (non-hydrogen) atoms. The molecule has 3 heteroatoms. The molecule has 2 nitrogen and oxygen atoms in total. The van der Waals surface area contributed by atoms with Crippen LogP contribution in [0.2, 0.25) is 0 Å². The Morgan fingerprint density at radius 3 is 2.88 bits per heavy atom. The predicted molar refractivity (Wildman–Crippen MR) is 76.8 cm³/mol. The first-order valence-electron chi connectivity index (χ1n) is 6.35. The molecule has 92 valence electrons. The first-order chi connectivity index (χ1) is 8.27. The number of anilines is 1. The van der Waals surface area contributed by atoms with Crippen molar-refractivity contribution in [2.75, 3.05) is 11.9 Å². The molecule has 0 fully saturated rings. The molecule has 1 aromatic heterocycles. The van der Waals surface area contributed by atoms with Crippen LogP contribution in [0.25, 0.3) is 10.9 Å². The van der Waals surface area contributed by atoms with Crippen LogP contribution in [0, 0.1) is 5.92 Å². The average molecular weight is 248 g/mol. The smallest absolute Gasteiger partial charge is 0.117 e. The van der Waals surface area contributed by atoms with Crippen molar-refractivity contribution in [2.24, 2.45) is 5.92 Å². The lowest BCUT2D eigenvalue weighted by atomic mass is 10.1. The second kappa shape index (κ2) is 6.01. The normalized spacial score (nSPS) is 11.2. The molecular weight excluding hydrogens is 228 g/mol. The molecule has 0 aliphatic heterocycles. The molecule has 1 aromatic carbocycles. The van der Waals surface area contributed by atoms with E-state index in [1.54, 1.807) is 11.5 Å². The van der Waals surface area contributed by atoms with Crippen LogP contribution in [-0.2, 0) is 0 Å². The molecule has 0 bridgehead atoms. The van der Waals surface area contributed by atoms with Gasteiger partial charge in [-0.1, -0.05) is 38.8 Å². The summed E-state index contributed by atoms with van der Waals surface area (Å²) in [5.74, 6) is 0.819. The first kappa shape index (κ1) is 12.4. The number of hydrogen-bond donors (Lipinski definition) is 1. The van der Waals surface area contributed by atoms with Crippen molar-refractivity contribution in [2.45, 2.75) is 33.1 Å². The maximum atomic E-state index is 4.42. The minimum Gasteiger partial charge on any atom is -0.375 e. The molecule has 1 N–H and O–H groups in total. The van der Waals surface area contributed by atoms with Crippen LogP contribution in [0.4, 0.5) is 5.00 Å². The van der Waals surface area contributed by atoms with Gasteiger partial charge in [0.05, 0.1) is 5.52 Å². The number of rotatable bonds is 6. The fraction of sp³-hybridized carbons (Fsp3) is 0.500. The van der Waals surface area contributed by atoms with E-state index < -0.39 is 0 Å². The number of hydrogen-bond acceptors (Lipinski definition) is 3. The molecule has 2 aromatic rings. The van der Waals surface area contributed by atoms with Gasteiger partial charge in [0.15, 0.2) is 0 Å². The maximum Gasteiger partial charge on any atom is 0.117 e. The average Bonchev–Trinajstić information content (AvgIpc) is 2.72. The van der Waals surface area contributed by atoms with Gasteiger partial charge in [-0.3, -0.25) is 0 Å². The Kier molecular flexibility index (Phi) is 4.37. The number of nitrogens with zero attached hydrogens (tertiary/aromatic N) is 1. The highest BCUT2D eigenvalue weighted by molar-refractivity contribution is 7.11. The van der Waals surface area contributed by atoms with E-state index in [4.69, 9.17) is 0 Å². The molecule has 0 radical (unpaired) electrons. The highest BCUT2D eigenvalue weighted by atomic mass is 32.1. The van der Waals surface area contributed by atoms with Gasteiger partial charge < -0.3 is 5.32 Å². The largest absolute Gasteiger partial charge is 0.375 e. The second-order valence-electron chi connectivity index (χ2n) is 4.85. The van der Waals surface area contributed by atoms with Gasteiger partial charge in [0.2, 0.25) is 0 Å².